The van der Waals surface area contributed by atoms with Gasteiger partial charge in [-0.25, -0.2) is 13.8 Å². The van der Waals surface area contributed by atoms with E-state index in [1.165, 1.54) is 30.9 Å². The zero-order valence-electron chi connectivity index (χ0n) is 25.0. The fourth-order valence-corrected chi connectivity index (χ4v) is 5.32. The standard InChI is InChI=1S/C32H34F2N6O4/c1-6-28(41)37-22-16-20(40-12-10-39(7-2)11-13-40)8-9-21(22)36-27-15-19-14-23(38(3)24(19)18-35-27)32(42)29-30(33)25(43-4)17-26(44-5)31(29)34/h6,8-9,14-18H,1,7,10-13H2,2-5H3,(H,35,36)(H,37,41). The summed E-state index contributed by atoms with van der Waals surface area (Å²) in [5.74, 6) is -3.67. The van der Waals surface area contributed by atoms with Gasteiger partial charge in [-0.1, -0.05) is 13.5 Å². The molecular formula is C32H34F2N6O4. The van der Waals surface area contributed by atoms with Crippen molar-refractivity contribution in [2.24, 2.45) is 7.05 Å². The molecule has 1 amide bonds. The summed E-state index contributed by atoms with van der Waals surface area (Å²) in [4.78, 5) is 34.9. The average Bonchev–Trinajstić information content (AvgIpc) is 3.37. The van der Waals surface area contributed by atoms with Gasteiger partial charge in [0.15, 0.2) is 23.1 Å². The van der Waals surface area contributed by atoms with Crippen LogP contribution in [0.5, 0.6) is 11.5 Å². The van der Waals surface area contributed by atoms with Gasteiger partial charge in [0.2, 0.25) is 11.7 Å². The van der Waals surface area contributed by atoms with E-state index in [0.717, 1.165) is 44.5 Å². The molecule has 0 unspecified atom stereocenters. The van der Waals surface area contributed by atoms with Crippen LogP contribution in [0.25, 0.3) is 10.9 Å². The minimum atomic E-state index is -1.12. The monoisotopic (exact) mass is 604 g/mol. The first kappa shape index (κ1) is 30.5. The third-order valence-corrected chi connectivity index (χ3v) is 7.86. The van der Waals surface area contributed by atoms with Gasteiger partial charge in [0.1, 0.15) is 11.4 Å². The summed E-state index contributed by atoms with van der Waals surface area (Å²) in [5, 5.41) is 6.72. The fraction of sp³-hybridized carbons (Fsp3) is 0.281. The van der Waals surface area contributed by atoms with E-state index in [2.05, 4.69) is 38.9 Å². The Kier molecular flexibility index (Phi) is 8.81. The number of hydrogen-bond acceptors (Lipinski definition) is 8. The van der Waals surface area contributed by atoms with E-state index in [0.29, 0.717) is 28.1 Å². The number of hydrogen-bond donors (Lipinski definition) is 2. The minimum absolute atomic E-state index is 0.0403. The van der Waals surface area contributed by atoms with Crippen LogP contribution in [0.15, 0.2) is 55.3 Å². The lowest BCUT2D eigenvalue weighted by atomic mass is 10.1. The Balaban J connectivity index is 1.46. The van der Waals surface area contributed by atoms with Gasteiger partial charge in [0.25, 0.3) is 0 Å². The molecule has 0 saturated carbocycles. The number of piperazine rings is 1. The van der Waals surface area contributed by atoms with Crippen molar-refractivity contribution in [3.05, 3.63) is 78.1 Å². The first-order valence-corrected chi connectivity index (χ1v) is 14.1. The van der Waals surface area contributed by atoms with Gasteiger partial charge in [-0.15, -0.1) is 0 Å². The zero-order valence-corrected chi connectivity index (χ0v) is 25.0. The Morgan fingerprint density at radius 2 is 1.68 bits per heavy atom. The zero-order chi connectivity index (χ0) is 31.5. The number of anilines is 4. The second-order valence-electron chi connectivity index (χ2n) is 10.3. The van der Waals surface area contributed by atoms with Gasteiger partial charge in [0, 0.05) is 50.4 Å². The van der Waals surface area contributed by atoms with Crippen molar-refractivity contribution in [2.45, 2.75) is 6.92 Å². The Morgan fingerprint density at radius 1 is 1.00 bits per heavy atom. The molecule has 12 heteroatoms. The van der Waals surface area contributed by atoms with E-state index in [-0.39, 0.29) is 23.1 Å². The second-order valence-corrected chi connectivity index (χ2v) is 10.3. The highest BCUT2D eigenvalue weighted by Gasteiger charge is 2.28. The molecule has 2 aromatic carbocycles. The number of likely N-dealkylation sites (N-methyl/N-ethyl adjacent to an activating group) is 1. The number of rotatable bonds is 10. The van der Waals surface area contributed by atoms with Crippen LogP contribution in [-0.4, -0.2) is 73.1 Å². The van der Waals surface area contributed by atoms with E-state index in [1.807, 2.05) is 18.2 Å². The van der Waals surface area contributed by atoms with Gasteiger partial charge < -0.3 is 34.5 Å². The lowest BCUT2D eigenvalue weighted by molar-refractivity contribution is -0.111. The fourth-order valence-electron chi connectivity index (χ4n) is 5.32. The topological polar surface area (TPSA) is 101 Å². The Bertz CT molecular complexity index is 1720. The molecule has 1 aliphatic heterocycles. The van der Waals surface area contributed by atoms with E-state index in [9.17, 15) is 9.59 Å². The Labute approximate surface area is 253 Å². The molecule has 2 aromatic heterocycles. The number of halogens is 2. The summed E-state index contributed by atoms with van der Waals surface area (Å²) in [5.41, 5.74) is 1.96. The average molecular weight is 605 g/mol. The summed E-state index contributed by atoms with van der Waals surface area (Å²) in [6, 6.07) is 10.1. The van der Waals surface area contributed by atoms with Crippen molar-refractivity contribution in [3.63, 3.8) is 0 Å². The summed E-state index contributed by atoms with van der Waals surface area (Å²) in [6.07, 6.45) is 2.75. The van der Waals surface area contributed by atoms with Gasteiger partial charge in [0.05, 0.1) is 43.0 Å². The number of methoxy groups -OCH3 is 2. The summed E-state index contributed by atoms with van der Waals surface area (Å²) >= 11 is 0. The molecule has 1 aliphatic rings. The lowest BCUT2D eigenvalue weighted by Crippen LogP contribution is -2.46. The molecule has 10 nitrogen and oxygen atoms in total. The maximum Gasteiger partial charge on any atom is 0.247 e. The highest BCUT2D eigenvalue weighted by molar-refractivity contribution is 6.11. The lowest BCUT2D eigenvalue weighted by Gasteiger charge is -2.35. The predicted octanol–water partition coefficient (Wildman–Crippen LogP) is 5.11. The van der Waals surface area contributed by atoms with Crippen molar-refractivity contribution in [1.29, 1.82) is 0 Å². The number of nitrogens with zero attached hydrogens (tertiary/aromatic N) is 4. The van der Waals surface area contributed by atoms with Crippen LogP contribution in [0.3, 0.4) is 0 Å². The van der Waals surface area contributed by atoms with Gasteiger partial charge in [-0.3, -0.25) is 9.59 Å². The number of ketones is 1. The molecule has 0 aliphatic carbocycles. The van der Waals surface area contributed by atoms with E-state index >= 15 is 8.78 Å². The molecule has 0 radical (unpaired) electrons. The second kappa shape index (κ2) is 12.7. The largest absolute Gasteiger partial charge is 0.494 e. The molecule has 0 bridgehead atoms. The number of pyridine rings is 1. The summed E-state index contributed by atoms with van der Waals surface area (Å²) in [6.45, 7) is 10.4. The van der Waals surface area contributed by atoms with Gasteiger partial charge >= 0.3 is 0 Å². The minimum Gasteiger partial charge on any atom is -0.494 e. The number of fused-ring (bicyclic) bond motifs is 1. The quantitative estimate of drug-likeness (QED) is 0.190. The van der Waals surface area contributed by atoms with Crippen molar-refractivity contribution >= 4 is 45.5 Å². The van der Waals surface area contributed by atoms with Crippen LogP contribution in [0.4, 0.5) is 31.7 Å². The van der Waals surface area contributed by atoms with Crippen LogP contribution in [0.1, 0.15) is 23.0 Å². The van der Waals surface area contributed by atoms with E-state index in [4.69, 9.17) is 9.47 Å². The molecule has 0 spiro atoms. The Morgan fingerprint density at radius 3 is 2.30 bits per heavy atom. The van der Waals surface area contributed by atoms with Gasteiger partial charge in [-0.2, -0.15) is 0 Å². The first-order valence-electron chi connectivity index (χ1n) is 14.1. The number of amides is 1. The van der Waals surface area contributed by atoms with Crippen LogP contribution >= 0.6 is 0 Å². The van der Waals surface area contributed by atoms with Crippen molar-refractivity contribution < 1.29 is 27.8 Å². The molecule has 3 heterocycles. The van der Waals surface area contributed by atoms with Crippen LogP contribution < -0.4 is 25.0 Å². The molecular weight excluding hydrogens is 570 g/mol. The predicted molar refractivity (Wildman–Crippen MR) is 166 cm³/mol. The van der Waals surface area contributed by atoms with Crippen LogP contribution in [0.2, 0.25) is 0 Å². The molecule has 2 N–H and O–H groups in total. The molecule has 4 aromatic rings. The van der Waals surface area contributed by atoms with Crippen molar-refractivity contribution in [1.82, 2.24) is 14.5 Å². The van der Waals surface area contributed by atoms with Gasteiger partial charge in [-0.05, 0) is 43.0 Å². The normalized spacial score (nSPS) is 13.5. The SMILES string of the molecule is C=CC(=O)Nc1cc(N2CCN(CC)CC2)ccc1Nc1cc2cc(C(=O)c3c(F)c(OC)cc(OC)c3F)n(C)c2cn1. The molecule has 44 heavy (non-hydrogen) atoms. The molecule has 1 fully saturated rings. The first-order chi connectivity index (χ1) is 21.2. The maximum absolute atomic E-state index is 15.1. The highest BCUT2D eigenvalue weighted by Crippen LogP contribution is 2.35. The molecule has 230 valence electrons. The third kappa shape index (κ3) is 5.80. The number of aryl methyl sites for hydroxylation is 1. The number of carbonyl (C=O) groups is 2. The molecule has 1 saturated heterocycles. The smallest absolute Gasteiger partial charge is 0.247 e. The number of aromatic nitrogens is 2. The molecule has 5 rings (SSSR count). The van der Waals surface area contributed by atoms with Crippen LogP contribution in [0, 0.1) is 11.6 Å². The number of benzene rings is 2. The van der Waals surface area contributed by atoms with Crippen molar-refractivity contribution in [3.8, 4) is 11.5 Å². The van der Waals surface area contributed by atoms with E-state index < -0.39 is 23.0 Å². The summed E-state index contributed by atoms with van der Waals surface area (Å²) < 4.78 is 41.7. The van der Waals surface area contributed by atoms with Crippen LogP contribution in [-0.2, 0) is 11.8 Å². The molecule has 0 atom stereocenters. The van der Waals surface area contributed by atoms with Crippen molar-refractivity contribution in [2.75, 3.05) is 62.5 Å². The third-order valence-electron chi connectivity index (χ3n) is 7.86. The number of ether oxygens (including phenoxy) is 2. The maximum atomic E-state index is 15.1. The highest BCUT2D eigenvalue weighted by atomic mass is 19.1. The Hall–Kier alpha value is -4.97. The summed E-state index contributed by atoms with van der Waals surface area (Å²) in [7, 11) is 4.05. The number of nitrogens with one attached hydrogen (secondary N) is 2. The number of carbonyl (C=O) groups excluding carboxylic acids is 2. The van der Waals surface area contributed by atoms with E-state index in [1.54, 1.807) is 19.3 Å².